The van der Waals surface area contributed by atoms with Crippen molar-refractivity contribution in [3.05, 3.63) is 47.5 Å². The third-order valence-electron chi connectivity index (χ3n) is 5.36. The van der Waals surface area contributed by atoms with Gasteiger partial charge < -0.3 is 9.84 Å². The summed E-state index contributed by atoms with van der Waals surface area (Å²) in [5, 5.41) is 11.0. The van der Waals surface area contributed by atoms with E-state index < -0.39 is 0 Å². The van der Waals surface area contributed by atoms with Crippen LogP contribution in [0.15, 0.2) is 36.4 Å². The van der Waals surface area contributed by atoms with Crippen LogP contribution in [-0.4, -0.2) is 42.4 Å². The molecule has 1 N–H and O–H groups in total. The van der Waals surface area contributed by atoms with Gasteiger partial charge in [-0.05, 0) is 43.9 Å². The zero-order valence-electron chi connectivity index (χ0n) is 13.7. The summed E-state index contributed by atoms with van der Waals surface area (Å²) in [5.74, 6) is 0.212. The van der Waals surface area contributed by atoms with Gasteiger partial charge in [0, 0.05) is 19.1 Å². The molecule has 3 heteroatoms. The number of methoxy groups -OCH3 is 1. The smallest absolute Gasteiger partial charge is 0.0763 e. The van der Waals surface area contributed by atoms with Crippen LogP contribution in [0.2, 0.25) is 0 Å². The minimum absolute atomic E-state index is 0.166. The molecule has 3 nitrogen and oxygen atoms in total. The van der Waals surface area contributed by atoms with E-state index in [4.69, 9.17) is 4.74 Å². The molecule has 4 atom stereocenters. The van der Waals surface area contributed by atoms with Gasteiger partial charge in [0.05, 0.1) is 18.8 Å². The summed E-state index contributed by atoms with van der Waals surface area (Å²) in [5.41, 5.74) is 3.82. The van der Waals surface area contributed by atoms with E-state index in [2.05, 4.69) is 35.7 Å². The number of rotatable bonds is 3. The lowest BCUT2D eigenvalue weighted by molar-refractivity contribution is -0.0132. The predicted molar refractivity (Wildman–Crippen MR) is 88.8 cm³/mol. The Bertz CT molecular complexity index is 542. The van der Waals surface area contributed by atoms with Crippen LogP contribution in [0.4, 0.5) is 0 Å². The van der Waals surface area contributed by atoms with Gasteiger partial charge in [-0.1, -0.05) is 36.4 Å². The van der Waals surface area contributed by atoms with Gasteiger partial charge in [0.15, 0.2) is 0 Å². The maximum absolute atomic E-state index is 11.0. The van der Waals surface area contributed by atoms with E-state index in [1.54, 1.807) is 7.11 Å². The summed E-state index contributed by atoms with van der Waals surface area (Å²) in [4.78, 5) is 2.47. The summed E-state index contributed by atoms with van der Waals surface area (Å²) in [6, 6.07) is 9.02. The van der Waals surface area contributed by atoms with E-state index in [1.165, 1.54) is 11.1 Å². The summed E-state index contributed by atoms with van der Waals surface area (Å²) < 4.78 is 5.50. The van der Waals surface area contributed by atoms with Crippen molar-refractivity contribution in [3.8, 4) is 0 Å². The van der Waals surface area contributed by atoms with Gasteiger partial charge in [-0.15, -0.1) is 0 Å². The second-order valence-electron chi connectivity index (χ2n) is 6.76. The third-order valence-corrected chi connectivity index (χ3v) is 5.36. The van der Waals surface area contributed by atoms with E-state index in [9.17, 15) is 5.11 Å². The lowest BCUT2D eigenvalue weighted by Crippen LogP contribution is -2.51. The number of fused-ring (bicyclic) bond motifs is 2. The van der Waals surface area contributed by atoms with E-state index in [-0.39, 0.29) is 24.1 Å². The monoisotopic (exact) mass is 301 g/mol. The van der Waals surface area contributed by atoms with Crippen LogP contribution in [-0.2, 0) is 11.2 Å². The number of ether oxygens (including phenoxy) is 1. The van der Waals surface area contributed by atoms with Crippen molar-refractivity contribution in [1.29, 1.82) is 0 Å². The number of aliphatic hydroxyl groups excluding tert-OH is 1. The molecular formula is C19H27NO2. The van der Waals surface area contributed by atoms with Crippen molar-refractivity contribution in [2.75, 3.05) is 20.3 Å². The van der Waals surface area contributed by atoms with Crippen molar-refractivity contribution < 1.29 is 9.84 Å². The Morgan fingerprint density at radius 2 is 2.18 bits per heavy atom. The molecule has 22 heavy (non-hydrogen) atoms. The molecule has 2 aliphatic heterocycles. The maximum atomic E-state index is 11.0. The highest BCUT2D eigenvalue weighted by molar-refractivity contribution is 5.34. The maximum Gasteiger partial charge on any atom is 0.0763 e. The van der Waals surface area contributed by atoms with Crippen molar-refractivity contribution >= 4 is 0 Å². The average Bonchev–Trinajstić information content (AvgIpc) is 2.67. The van der Waals surface area contributed by atoms with Crippen molar-refractivity contribution in [1.82, 2.24) is 4.90 Å². The van der Waals surface area contributed by atoms with E-state index in [1.807, 2.05) is 6.92 Å². The number of nitrogens with zero attached hydrogens (tertiary/aromatic N) is 1. The molecule has 0 radical (unpaired) electrons. The largest absolute Gasteiger partial charge is 0.391 e. The molecule has 120 valence electrons. The van der Waals surface area contributed by atoms with E-state index in [0.29, 0.717) is 6.61 Å². The van der Waals surface area contributed by atoms with Crippen LogP contribution in [0.25, 0.3) is 0 Å². The van der Waals surface area contributed by atoms with Crippen LogP contribution in [0.5, 0.6) is 0 Å². The highest BCUT2D eigenvalue weighted by Crippen LogP contribution is 2.39. The van der Waals surface area contributed by atoms with Crippen LogP contribution in [0.3, 0.4) is 0 Å². The Balaban J connectivity index is 1.98. The summed E-state index contributed by atoms with van der Waals surface area (Å²) in [7, 11) is 1.76. The Labute approximate surface area is 133 Å². The van der Waals surface area contributed by atoms with Gasteiger partial charge in [0.2, 0.25) is 0 Å². The zero-order chi connectivity index (χ0) is 15.7. The molecule has 2 aliphatic rings. The average molecular weight is 301 g/mol. The topological polar surface area (TPSA) is 32.7 Å². The first kappa shape index (κ1) is 15.7. The Kier molecular flexibility index (Phi) is 4.67. The molecule has 0 aliphatic carbocycles. The molecule has 0 bridgehead atoms. The van der Waals surface area contributed by atoms with Gasteiger partial charge in [-0.2, -0.15) is 0 Å². The first-order valence-electron chi connectivity index (χ1n) is 8.29. The first-order chi connectivity index (χ1) is 10.6. The molecule has 0 unspecified atom stereocenters. The quantitative estimate of drug-likeness (QED) is 0.871. The number of benzene rings is 1. The Morgan fingerprint density at radius 1 is 1.41 bits per heavy atom. The molecule has 0 amide bonds. The van der Waals surface area contributed by atoms with Gasteiger partial charge >= 0.3 is 0 Å². The lowest BCUT2D eigenvalue weighted by Gasteiger charge is -2.44. The fourth-order valence-corrected chi connectivity index (χ4v) is 4.25. The Morgan fingerprint density at radius 3 is 2.91 bits per heavy atom. The van der Waals surface area contributed by atoms with Crippen molar-refractivity contribution in [3.63, 3.8) is 0 Å². The van der Waals surface area contributed by atoms with Gasteiger partial charge in [0.25, 0.3) is 0 Å². The molecular weight excluding hydrogens is 274 g/mol. The normalized spacial score (nSPS) is 32.0. The fourth-order valence-electron chi connectivity index (χ4n) is 4.25. The Hall–Kier alpha value is -1.16. The molecule has 0 aromatic heterocycles. The molecule has 1 aromatic carbocycles. The zero-order valence-corrected chi connectivity index (χ0v) is 13.7. The minimum atomic E-state index is -0.340. The minimum Gasteiger partial charge on any atom is -0.391 e. The van der Waals surface area contributed by atoms with Crippen LogP contribution in [0, 0.1) is 5.92 Å². The number of hydrogen-bond donors (Lipinski definition) is 1. The molecule has 0 saturated carbocycles. The molecule has 3 rings (SSSR count). The van der Waals surface area contributed by atoms with E-state index in [0.717, 1.165) is 31.4 Å². The molecule has 1 aromatic rings. The molecule has 1 fully saturated rings. The highest BCUT2D eigenvalue weighted by Gasteiger charge is 2.41. The van der Waals surface area contributed by atoms with Gasteiger partial charge in [-0.3, -0.25) is 4.90 Å². The van der Waals surface area contributed by atoms with Gasteiger partial charge in [0.1, 0.15) is 0 Å². The molecule has 1 saturated heterocycles. The highest BCUT2D eigenvalue weighted by atomic mass is 16.5. The van der Waals surface area contributed by atoms with Crippen LogP contribution >= 0.6 is 0 Å². The summed E-state index contributed by atoms with van der Waals surface area (Å²) in [6.07, 6.45) is 2.71. The predicted octanol–water partition coefficient (Wildman–Crippen LogP) is 2.95. The number of aliphatic hydroxyl groups is 1. The molecule has 0 spiro atoms. The summed E-state index contributed by atoms with van der Waals surface area (Å²) in [6.45, 7) is 7.85. The SMILES string of the molecule is C=C(C)[C@@H]1CCCN2[C@H](COC)c3ccccc3C[C@H]2[C@@H]1O. The molecule has 2 heterocycles. The van der Waals surface area contributed by atoms with Crippen molar-refractivity contribution in [2.45, 2.75) is 44.4 Å². The second-order valence-corrected chi connectivity index (χ2v) is 6.76. The van der Waals surface area contributed by atoms with Crippen molar-refractivity contribution in [2.24, 2.45) is 5.92 Å². The standard InChI is InChI=1S/C19H27NO2/c1-13(2)15-9-6-10-20-17(19(15)21)11-14-7-4-5-8-16(14)18(20)12-22-3/h4-5,7-8,15,17-19,21H,1,6,9-12H2,2-3H3/t15-,17-,18+,19+/m0/s1. The second kappa shape index (κ2) is 6.53. The van der Waals surface area contributed by atoms with E-state index >= 15 is 0 Å². The first-order valence-corrected chi connectivity index (χ1v) is 8.29. The van der Waals surface area contributed by atoms with Crippen LogP contribution in [0.1, 0.15) is 36.9 Å². The van der Waals surface area contributed by atoms with Gasteiger partial charge in [-0.25, -0.2) is 0 Å². The number of hydrogen-bond acceptors (Lipinski definition) is 3. The van der Waals surface area contributed by atoms with Crippen LogP contribution < -0.4 is 0 Å². The summed E-state index contributed by atoms with van der Waals surface area (Å²) >= 11 is 0. The lowest BCUT2D eigenvalue weighted by atomic mass is 9.81. The fraction of sp³-hybridized carbons (Fsp3) is 0.579. The third kappa shape index (κ3) is 2.73.